The molecule has 1 fully saturated rings. The number of benzene rings is 2. The molecule has 10 heteroatoms. The van der Waals surface area contributed by atoms with Crippen molar-refractivity contribution in [2.24, 2.45) is 0 Å². The van der Waals surface area contributed by atoms with E-state index >= 15 is 0 Å². The van der Waals surface area contributed by atoms with E-state index in [0.717, 1.165) is 5.52 Å². The van der Waals surface area contributed by atoms with E-state index in [-0.39, 0.29) is 28.1 Å². The first-order valence-electron chi connectivity index (χ1n) is 9.77. The van der Waals surface area contributed by atoms with Crippen LogP contribution in [0.1, 0.15) is 16.2 Å². The number of halogens is 2. The summed E-state index contributed by atoms with van der Waals surface area (Å²) in [6.07, 6.45) is 0. The molecular weight excluding hydrogens is 441 g/mol. The monoisotopic (exact) mass is 461 g/mol. The van der Waals surface area contributed by atoms with Gasteiger partial charge >= 0.3 is 0 Å². The van der Waals surface area contributed by atoms with Gasteiger partial charge in [-0.05, 0) is 31.2 Å². The van der Waals surface area contributed by atoms with Crippen LogP contribution < -0.4 is 10.7 Å². The summed E-state index contributed by atoms with van der Waals surface area (Å²) in [5, 5.41) is 5.21. The molecule has 1 aromatic heterocycles. The fourth-order valence-electron chi connectivity index (χ4n) is 3.49. The molecule has 0 radical (unpaired) electrons. The van der Waals surface area contributed by atoms with E-state index in [2.05, 4.69) is 15.7 Å². The molecule has 31 heavy (non-hydrogen) atoms. The zero-order valence-corrected chi connectivity index (χ0v) is 18.3. The number of anilines is 1. The molecule has 1 aliphatic rings. The van der Waals surface area contributed by atoms with E-state index in [0.29, 0.717) is 43.3 Å². The van der Waals surface area contributed by atoms with Crippen molar-refractivity contribution in [3.63, 3.8) is 0 Å². The number of aromatic nitrogens is 2. The van der Waals surface area contributed by atoms with Crippen molar-refractivity contribution in [1.29, 1.82) is 0 Å². The van der Waals surface area contributed by atoms with Crippen LogP contribution in [0.4, 0.5) is 5.69 Å². The molecule has 0 saturated carbocycles. The van der Waals surface area contributed by atoms with Crippen LogP contribution in [-0.4, -0.2) is 52.7 Å². The number of fused-ring (bicyclic) bond motifs is 1. The van der Waals surface area contributed by atoms with Gasteiger partial charge in [-0.25, -0.2) is 9.99 Å². The standard InChI is InChI=1S/C21H21Cl2N5O3/c1-13-24-20-16(25-21(30)19-14(22)4-2-5-15(19)23)6-3-7-17(20)28(13)12-18(29)26-27-8-10-31-11-9-27/h2-7H,8-12H2,1H3,(H,25,30)(H,26,29). The number of carbonyl (C=O) groups is 2. The lowest BCUT2D eigenvalue weighted by molar-refractivity contribution is -0.128. The minimum atomic E-state index is -0.430. The molecule has 1 saturated heterocycles. The second-order valence-electron chi connectivity index (χ2n) is 7.10. The SMILES string of the molecule is Cc1nc2c(NC(=O)c3c(Cl)cccc3Cl)cccc2n1CC(=O)NN1CCOCC1. The quantitative estimate of drug-likeness (QED) is 0.608. The van der Waals surface area contributed by atoms with Gasteiger partial charge in [0.25, 0.3) is 11.8 Å². The lowest BCUT2D eigenvalue weighted by atomic mass is 10.2. The van der Waals surface area contributed by atoms with Gasteiger partial charge in [0.1, 0.15) is 17.9 Å². The fourth-order valence-corrected chi connectivity index (χ4v) is 4.06. The number of rotatable bonds is 5. The zero-order valence-electron chi connectivity index (χ0n) is 16.8. The molecule has 0 unspecified atom stereocenters. The Labute approximate surface area is 189 Å². The lowest BCUT2D eigenvalue weighted by Gasteiger charge is -2.27. The average Bonchev–Trinajstić information content (AvgIpc) is 3.05. The van der Waals surface area contributed by atoms with E-state index in [4.69, 9.17) is 27.9 Å². The number of imidazole rings is 1. The number of hydrazine groups is 1. The average molecular weight is 462 g/mol. The van der Waals surface area contributed by atoms with Crippen LogP contribution in [0.25, 0.3) is 11.0 Å². The van der Waals surface area contributed by atoms with E-state index in [1.165, 1.54) is 0 Å². The van der Waals surface area contributed by atoms with Crippen LogP contribution in [0.5, 0.6) is 0 Å². The Bertz CT molecular complexity index is 1120. The van der Waals surface area contributed by atoms with E-state index in [1.54, 1.807) is 30.3 Å². The van der Waals surface area contributed by atoms with Crippen molar-refractivity contribution in [3.05, 3.63) is 57.8 Å². The molecule has 2 amide bonds. The third kappa shape index (κ3) is 4.67. The maximum Gasteiger partial charge on any atom is 0.258 e. The van der Waals surface area contributed by atoms with Crippen molar-refractivity contribution in [1.82, 2.24) is 20.0 Å². The van der Waals surface area contributed by atoms with Crippen LogP contribution in [0, 0.1) is 6.92 Å². The largest absolute Gasteiger partial charge is 0.379 e. The lowest BCUT2D eigenvalue weighted by Crippen LogP contribution is -2.49. The summed E-state index contributed by atoms with van der Waals surface area (Å²) in [5.41, 5.74) is 4.92. The van der Waals surface area contributed by atoms with Crippen molar-refractivity contribution >= 4 is 51.7 Å². The highest BCUT2D eigenvalue weighted by Crippen LogP contribution is 2.28. The highest BCUT2D eigenvalue weighted by atomic mass is 35.5. The second-order valence-corrected chi connectivity index (χ2v) is 7.92. The van der Waals surface area contributed by atoms with Gasteiger partial charge in [0.15, 0.2) is 0 Å². The smallest absolute Gasteiger partial charge is 0.258 e. The number of ether oxygens (including phenoxy) is 1. The molecule has 2 aromatic carbocycles. The third-order valence-corrected chi connectivity index (χ3v) is 5.63. The normalized spacial score (nSPS) is 14.5. The first-order valence-corrected chi connectivity index (χ1v) is 10.5. The van der Waals surface area contributed by atoms with Gasteiger partial charge in [-0.2, -0.15) is 0 Å². The molecule has 3 aromatic rings. The number of amides is 2. The molecule has 0 aliphatic carbocycles. The summed E-state index contributed by atoms with van der Waals surface area (Å²) < 4.78 is 7.11. The topological polar surface area (TPSA) is 88.5 Å². The number of morpholine rings is 1. The van der Waals surface area contributed by atoms with Crippen molar-refractivity contribution in [2.45, 2.75) is 13.5 Å². The minimum absolute atomic E-state index is 0.105. The Morgan fingerprint density at radius 2 is 1.77 bits per heavy atom. The molecule has 0 spiro atoms. The Hall–Kier alpha value is -2.65. The summed E-state index contributed by atoms with van der Waals surface area (Å²) in [4.78, 5) is 29.9. The Balaban J connectivity index is 1.57. The molecular formula is C21H21Cl2N5O3. The number of hydrogen-bond acceptors (Lipinski definition) is 5. The maximum atomic E-state index is 12.8. The predicted molar refractivity (Wildman–Crippen MR) is 119 cm³/mol. The highest BCUT2D eigenvalue weighted by Gasteiger charge is 2.19. The van der Waals surface area contributed by atoms with Crippen molar-refractivity contribution in [3.8, 4) is 0 Å². The van der Waals surface area contributed by atoms with Crippen LogP contribution in [0.2, 0.25) is 10.0 Å². The van der Waals surface area contributed by atoms with E-state index in [9.17, 15) is 9.59 Å². The molecule has 8 nitrogen and oxygen atoms in total. The van der Waals surface area contributed by atoms with Gasteiger partial charge in [0, 0.05) is 13.1 Å². The van der Waals surface area contributed by atoms with Gasteiger partial charge in [-0.1, -0.05) is 35.3 Å². The third-order valence-electron chi connectivity index (χ3n) is 5.00. The molecule has 0 atom stereocenters. The Kier molecular flexibility index (Phi) is 6.43. The van der Waals surface area contributed by atoms with Crippen LogP contribution >= 0.6 is 23.2 Å². The summed E-state index contributed by atoms with van der Waals surface area (Å²) in [6, 6.07) is 10.3. The first kappa shape index (κ1) is 21.6. The molecule has 0 bridgehead atoms. The van der Waals surface area contributed by atoms with Gasteiger partial charge in [-0.15, -0.1) is 0 Å². The first-order chi connectivity index (χ1) is 14.9. The maximum absolute atomic E-state index is 12.8. The molecule has 2 N–H and O–H groups in total. The summed E-state index contributed by atoms with van der Waals surface area (Å²) in [5.74, 6) is 0.0755. The Morgan fingerprint density at radius 3 is 2.48 bits per heavy atom. The number of aryl methyl sites for hydroxylation is 1. The van der Waals surface area contributed by atoms with E-state index < -0.39 is 5.91 Å². The van der Waals surface area contributed by atoms with Crippen molar-refractivity contribution in [2.75, 3.05) is 31.6 Å². The fraction of sp³-hybridized carbons (Fsp3) is 0.286. The van der Waals surface area contributed by atoms with Gasteiger partial charge in [0.2, 0.25) is 0 Å². The van der Waals surface area contributed by atoms with E-state index in [1.807, 2.05) is 22.6 Å². The van der Waals surface area contributed by atoms with Gasteiger partial charge in [-0.3, -0.25) is 15.0 Å². The minimum Gasteiger partial charge on any atom is -0.379 e. The van der Waals surface area contributed by atoms with Crippen LogP contribution in [0.3, 0.4) is 0 Å². The van der Waals surface area contributed by atoms with Crippen molar-refractivity contribution < 1.29 is 14.3 Å². The number of carbonyl (C=O) groups excluding carboxylic acids is 2. The molecule has 1 aliphatic heterocycles. The zero-order chi connectivity index (χ0) is 22.0. The van der Waals surface area contributed by atoms with Gasteiger partial charge < -0.3 is 14.6 Å². The molecule has 2 heterocycles. The predicted octanol–water partition coefficient (Wildman–Crippen LogP) is 3.27. The summed E-state index contributed by atoms with van der Waals surface area (Å²) in [6.45, 7) is 4.40. The highest BCUT2D eigenvalue weighted by molar-refractivity contribution is 6.40. The number of nitrogens with one attached hydrogen (secondary N) is 2. The van der Waals surface area contributed by atoms with Gasteiger partial charge in [0.05, 0.1) is 40.0 Å². The Morgan fingerprint density at radius 1 is 1.10 bits per heavy atom. The summed E-state index contributed by atoms with van der Waals surface area (Å²) >= 11 is 12.3. The molecule has 162 valence electrons. The number of nitrogens with zero attached hydrogens (tertiary/aromatic N) is 3. The number of para-hydroxylation sites is 1. The van der Waals surface area contributed by atoms with Crippen LogP contribution in [-0.2, 0) is 16.1 Å². The van der Waals surface area contributed by atoms with Crippen LogP contribution in [0.15, 0.2) is 36.4 Å². The number of hydrogen-bond donors (Lipinski definition) is 2. The molecule has 4 rings (SSSR count). The second kappa shape index (κ2) is 9.23. The summed E-state index contributed by atoms with van der Waals surface area (Å²) in [7, 11) is 0.